The van der Waals surface area contributed by atoms with Gasteiger partial charge in [0.2, 0.25) is 0 Å². The van der Waals surface area contributed by atoms with Crippen LogP contribution in [0.2, 0.25) is 0 Å². The van der Waals surface area contributed by atoms with Crippen LogP contribution in [0.5, 0.6) is 11.5 Å². The van der Waals surface area contributed by atoms with Gasteiger partial charge in [0.25, 0.3) is 15.9 Å². The summed E-state index contributed by atoms with van der Waals surface area (Å²) >= 11 is 0. The van der Waals surface area contributed by atoms with Crippen molar-refractivity contribution < 1.29 is 22.7 Å². The van der Waals surface area contributed by atoms with Gasteiger partial charge in [0, 0.05) is 17.2 Å². The van der Waals surface area contributed by atoms with Crippen molar-refractivity contribution in [3.63, 3.8) is 0 Å². The highest BCUT2D eigenvalue weighted by Crippen LogP contribution is 2.31. The summed E-state index contributed by atoms with van der Waals surface area (Å²) < 4.78 is 38.3. The normalized spacial score (nSPS) is 11.6. The van der Waals surface area contributed by atoms with Crippen LogP contribution >= 0.6 is 0 Å². The molecule has 0 unspecified atom stereocenters. The quantitative estimate of drug-likeness (QED) is 0.788. The standard InChI is InChI=1S/C19H24N2O5S/c1-19(2,3)20-18(22)13-7-6-8-15(11-13)27(23,24)21-16-10-9-14(25-4)12-17(16)26-5/h6-12,21H,1-5H3,(H,20,22). The van der Waals surface area contributed by atoms with Gasteiger partial charge < -0.3 is 14.8 Å². The lowest BCUT2D eigenvalue weighted by atomic mass is 10.1. The summed E-state index contributed by atoms with van der Waals surface area (Å²) in [5.74, 6) is 0.511. The number of carbonyl (C=O) groups excluding carboxylic acids is 1. The molecule has 2 N–H and O–H groups in total. The van der Waals surface area contributed by atoms with E-state index < -0.39 is 15.6 Å². The van der Waals surface area contributed by atoms with Crippen molar-refractivity contribution in [3.8, 4) is 11.5 Å². The topological polar surface area (TPSA) is 93.7 Å². The van der Waals surface area contributed by atoms with Crippen LogP contribution in [0.4, 0.5) is 5.69 Å². The van der Waals surface area contributed by atoms with Crippen LogP contribution in [-0.2, 0) is 10.0 Å². The first kappa shape index (κ1) is 20.6. The lowest BCUT2D eigenvalue weighted by Gasteiger charge is -2.20. The molecule has 0 aliphatic carbocycles. The summed E-state index contributed by atoms with van der Waals surface area (Å²) in [5.41, 5.74) is 0.0954. The van der Waals surface area contributed by atoms with Gasteiger partial charge in [0.05, 0.1) is 24.8 Å². The van der Waals surface area contributed by atoms with Crippen molar-refractivity contribution in [2.75, 3.05) is 18.9 Å². The minimum Gasteiger partial charge on any atom is -0.497 e. The first-order valence-corrected chi connectivity index (χ1v) is 9.71. The van der Waals surface area contributed by atoms with Gasteiger partial charge in [-0.2, -0.15) is 0 Å². The third kappa shape index (κ3) is 5.37. The number of carbonyl (C=O) groups is 1. The Balaban J connectivity index is 2.32. The van der Waals surface area contributed by atoms with E-state index >= 15 is 0 Å². The average molecular weight is 392 g/mol. The monoisotopic (exact) mass is 392 g/mol. The summed E-state index contributed by atoms with van der Waals surface area (Å²) in [6.07, 6.45) is 0. The molecule has 0 aliphatic rings. The lowest BCUT2D eigenvalue weighted by molar-refractivity contribution is 0.0919. The van der Waals surface area contributed by atoms with Crippen molar-refractivity contribution in [2.24, 2.45) is 0 Å². The molecular weight excluding hydrogens is 368 g/mol. The molecule has 2 aromatic carbocycles. The highest BCUT2D eigenvalue weighted by molar-refractivity contribution is 7.92. The zero-order valence-corrected chi connectivity index (χ0v) is 16.8. The van der Waals surface area contributed by atoms with E-state index in [9.17, 15) is 13.2 Å². The number of nitrogens with one attached hydrogen (secondary N) is 2. The van der Waals surface area contributed by atoms with Gasteiger partial charge in [0.1, 0.15) is 11.5 Å². The van der Waals surface area contributed by atoms with Crippen LogP contribution in [0.15, 0.2) is 47.4 Å². The van der Waals surface area contributed by atoms with Crippen LogP contribution in [0, 0.1) is 0 Å². The second-order valence-corrected chi connectivity index (χ2v) is 8.59. The van der Waals surface area contributed by atoms with Crippen molar-refractivity contribution >= 4 is 21.6 Å². The summed E-state index contributed by atoms with van der Waals surface area (Å²) in [6, 6.07) is 10.6. The fraction of sp³-hybridized carbons (Fsp3) is 0.316. The molecule has 0 saturated heterocycles. The van der Waals surface area contributed by atoms with Gasteiger partial charge in [-0.25, -0.2) is 8.42 Å². The molecule has 0 atom stereocenters. The largest absolute Gasteiger partial charge is 0.497 e. The van der Waals surface area contributed by atoms with E-state index in [1.807, 2.05) is 20.8 Å². The Hall–Kier alpha value is -2.74. The third-order valence-electron chi connectivity index (χ3n) is 3.55. The molecule has 0 bridgehead atoms. The van der Waals surface area contributed by atoms with E-state index in [4.69, 9.17) is 9.47 Å². The number of ether oxygens (including phenoxy) is 2. The second kappa shape index (κ2) is 7.87. The van der Waals surface area contributed by atoms with Gasteiger partial charge in [-0.1, -0.05) is 6.07 Å². The molecule has 146 valence electrons. The van der Waals surface area contributed by atoms with E-state index in [-0.39, 0.29) is 22.1 Å². The molecule has 0 aromatic heterocycles. The highest BCUT2D eigenvalue weighted by Gasteiger charge is 2.20. The van der Waals surface area contributed by atoms with E-state index in [2.05, 4.69) is 10.0 Å². The minimum atomic E-state index is -3.92. The van der Waals surface area contributed by atoms with Crippen LogP contribution < -0.4 is 19.5 Å². The number of anilines is 1. The molecule has 8 heteroatoms. The Morgan fingerprint density at radius 3 is 2.30 bits per heavy atom. The molecule has 1 amide bonds. The van der Waals surface area contributed by atoms with Gasteiger partial charge in [-0.05, 0) is 51.1 Å². The van der Waals surface area contributed by atoms with Crippen LogP contribution in [0.3, 0.4) is 0 Å². The van der Waals surface area contributed by atoms with Gasteiger partial charge in [0.15, 0.2) is 0 Å². The number of amides is 1. The molecule has 0 spiro atoms. The molecule has 0 heterocycles. The van der Waals surface area contributed by atoms with E-state index in [1.165, 1.54) is 32.4 Å². The fourth-order valence-electron chi connectivity index (χ4n) is 2.30. The molecule has 2 aromatic rings. The number of hydrogen-bond acceptors (Lipinski definition) is 5. The predicted molar refractivity (Wildman–Crippen MR) is 104 cm³/mol. The molecular formula is C19H24N2O5S. The summed E-state index contributed by atoms with van der Waals surface area (Å²) in [6.45, 7) is 5.55. The highest BCUT2D eigenvalue weighted by atomic mass is 32.2. The minimum absolute atomic E-state index is 0.0260. The van der Waals surface area contributed by atoms with Crippen molar-refractivity contribution in [1.82, 2.24) is 5.32 Å². The van der Waals surface area contributed by atoms with Gasteiger partial charge in [-0.15, -0.1) is 0 Å². The first-order valence-electron chi connectivity index (χ1n) is 8.23. The number of sulfonamides is 1. The maximum atomic E-state index is 12.8. The number of hydrogen-bond donors (Lipinski definition) is 2. The van der Waals surface area contributed by atoms with Crippen molar-refractivity contribution in [2.45, 2.75) is 31.2 Å². The van der Waals surface area contributed by atoms with E-state index in [0.717, 1.165) is 0 Å². The molecule has 0 fully saturated rings. The van der Waals surface area contributed by atoms with Crippen molar-refractivity contribution in [3.05, 3.63) is 48.0 Å². The zero-order valence-electron chi connectivity index (χ0n) is 16.0. The Bertz CT molecular complexity index is 933. The predicted octanol–water partition coefficient (Wildman–Crippen LogP) is 3.03. The van der Waals surface area contributed by atoms with Gasteiger partial charge in [-0.3, -0.25) is 9.52 Å². The molecule has 27 heavy (non-hydrogen) atoms. The number of methoxy groups -OCH3 is 2. The van der Waals surface area contributed by atoms with E-state index in [0.29, 0.717) is 11.5 Å². The Kier molecular flexibility index (Phi) is 6.00. The van der Waals surface area contributed by atoms with Gasteiger partial charge >= 0.3 is 0 Å². The Morgan fingerprint density at radius 1 is 1.00 bits per heavy atom. The molecule has 2 rings (SSSR count). The lowest BCUT2D eigenvalue weighted by Crippen LogP contribution is -2.40. The molecule has 0 saturated carbocycles. The number of rotatable bonds is 6. The average Bonchev–Trinajstić information content (AvgIpc) is 2.60. The zero-order chi connectivity index (χ0) is 20.2. The Morgan fingerprint density at radius 2 is 1.70 bits per heavy atom. The Labute approximate surface area is 159 Å². The molecule has 0 radical (unpaired) electrons. The maximum Gasteiger partial charge on any atom is 0.262 e. The summed E-state index contributed by atoms with van der Waals surface area (Å²) in [7, 11) is -0.975. The van der Waals surface area contributed by atoms with E-state index in [1.54, 1.807) is 24.3 Å². The van der Waals surface area contributed by atoms with Crippen LogP contribution in [0.25, 0.3) is 0 Å². The molecule has 7 nitrogen and oxygen atoms in total. The first-order chi connectivity index (χ1) is 12.6. The maximum absolute atomic E-state index is 12.8. The summed E-state index contributed by atoms with van der Waals surface area (Å²) in [4.78, 5) is 12.3. The SMILES string of the molecule is COc1ccc(NS(=O)(=O)c2cccc(C(=O)NC(C)(C)C)c2)c(OC)c1. The summed E-state index contributed by atoms with van der Waals surface area (Å²) in [5, 5.41) is 2.81. The smallest absolute Gasteiger partial charge is 0.262 e. The van der Waals surface area contributed by atoms with Crippen molar-refractivity contribution in [1.29, 1.82) is 0 Å². The number of benzene rings is 2. The van der Waals surface area contributed by atoms with Crippen LogP contribution in [0.1, 0.15) is 31.1 Å². The molecule has 0 aliphatic heterocycles. The third-order valence-corrected chi connectivity index (χ3v) is 4.91. The fourth-order valence-corrected chi connectivity index (χ4v) is 3.42. The van der Waals surface area contributed by atoms with Crippen LogP contribution in [-0.4, -0.2) is 34.1 Å². The second-order valence-electron chi connectivity index (χ2n) is 6.90.